The van der Waals surface area contributed by atoms with Crippen molar-refractivity contribution in [1.29, 1.82) is 0 Å². The monoisotopic (exact) mass is 413 g/mol. The number of benzene rings is 1. The number of ether oxygens (including phenoxy) is 1. The first kappa shape index (κ1) is 21.9. The topological polar surface area (TPSA) is 53.6 Å². The summed E-state index contributed by atoms with van der Waals surface area (Å²) in [5, 5.41) is 5.94. The molecule has 8 heteroatoms. The molecule has 3 rings (SSSR count). The van der Waals surface area contributed by atoms with Crippen LogP contribution < -0.4 is 10.6 Å². The highest BCUT2D eigenvalue weighted by Gasteiger charge is 2.31. The first-order valence-corrected chi connectivity index (χ1v) is 10.4. The van der Waals surface area contributed by atoms with Crippen LogP contribution in [0.4, 0.5) is 18.0 Å². The van der Waals surface area contributed by atoms with E-state index in [1.54, 1.807) is 0 Å². The van der Waals surface area contributed by atoms with Crippen LogP contribution >= 0.6 is 0 Å². The van der Waals surface area contributed by atoms with Crippen LogP contribution in [0.1, 0.15) is 44.1 Å². The highest BCUT2D eigenvalue weighted by Crippen LogP contribution is 2.24. The molecule has 162 valence electrons. The second kappa shape index (κ2) is 10.3. The molecule has 2 aliphatic rings. The van der Waals surface area contributed by atoms with Gasteiger partial charge in [0.15, 0.2) is 0 Å². The first-order chi connectivity index (χ1) is 13.9. The third kappa shape index (κ3) is 7.85. The number of piperidine rings is 1. The molecule has 0 aromatic heterocycles. The third-order valence-corrected chi connectivity index (χ3v) is 5.62. The number of nitrogens with one attached hydrogen (secondary N) is 2. The number of carbonyl (C=O) groups excluding carboxylic acids is 1. The van der Waals surface area contributed by atoms with Crippen molar-refractivity contribution in [2.24, 2.45) is 0 Å². The van der Waals surface area contributed by atoms with E-state index in [0.29, 0.717) is 12.8 Å². The van der Waals surface area contributed by atoms with Crippen LogP contribution in [0.15, 0.2) is 30.3 Å². The lowest BCUT2D eigenvalue weighted by molar-refractivity contribution is -0.188. The fourth-order valence-electron chi connectivity index (χ4n) is 4.13. The number of amides is 2. The van der Waals surface area contributed by atoms with Gasteiger partial charge < -0.3 is 15.4 Å². The van der Waals surface area contributed by atoms with Crippen molar-refractivity contribution in [1.82, 2.24) is 15.5 Å². The molecule has 5 nitrogen and oxygen atoms in total. The molecule has 1 heterocycles. The summed E-state index contributed by atoms with van der Waals surface area (Å²) in [5.41, 5.74) is 1.29. The summed E-state index contributed by atoms with van der Waals surface area (Å²) in [6, 6.07) is 10.1. The molecule has 0 unspecified atom stereocenters. The minimum atomic E-state index is -4.31. The average molecular weight is 413 g/mol. The molecule has 29 heavy (non-hydrogen) atoms. The number of likely N-dealkylation sites (tertiary alicyclic amines) is 1. The molecule has 1 aromatic carbocycles. The molecule has 2 atom stereocenters. The number of hydrogen-bond donors (Lipinski definition) is 2. The Labute approximate surface area is 170 Å². The molecular formula is C21H30F3N3O2. The minimum Gasteiger partial charge on any atom is -0.369 e. The maximum absolute atomic E-state index is 12.3. The van der Waals surface area contributed by atoms with Gasteiger partial charge in [-0.3, -0.25) is 4.90 Å². The van der Waals surface area contributed by atoms with E-state index >= 15 is 0 Å². The fraction of sp³-hybridized carbons (Fsp3) is 0.667. The van der Waals surface area contributed by atoms with Crippen LogP contribution in [-0.2, 0) is 11.3 Å². The summed E-state index contributed by atoms with van der Waals surface area (Å²) >= 11 is 0. The second-order valence-corrected chi connectivity index (χ2v) is 8.07. The number of urea groups is 1. The summed E-state index contributed by atoms with van der Waals surface area (Å²) in [5.74, 6) is 0. The van der Waals surface area contributed by atoms with Crippen molar-refractivity contribution < 1.29 is 22.7 Å². The molecule has 1 aliphatic heterocycles. The summed E-state index contributed by atoms with van der Waals surface area (Å²) in [4.78, 5) is 14.7. The van der Waals surface area contributed by atoms with Crippen molar-refractivity contribution in [2.45, 2.75) is 69.4 Å². The van der Waals surface area contributed by atoms with Crippen LogP contribution in [0, 0.1) is 0 Å². The van der Waals surface area contributed by atoms with Crippen LogP contribution in [0.3, 0.4) is 0 Å². The Morgan fingerprint density at radius 3 is 2.41 bits per heavy atom. The van der Waals surface area contributed by atoms with E-state index in [1.807, 2.05) is 18.2 Å². The van der Waals surface area contributed by atoms with Crippen molar-refractivity contribution in [3.63, 3.8) is 0 Å². The van der Waals surface area contributed by atoms with Gasteiger partial charge in [-0.15, -0.1) is 0 Å². The minimum absolute atomic E-state index is 0.128. The molecular weight excluding hydrogens is 383 g/mol. The predicted octanol–water partition coefficient (Wildman–Crippen LogP) is 3.84. The number of halogens is 3. The Morgan fingerprint density at radius 1 is 1.03 bits per heavy atom. The number of rotatable bonds is 6. The van der Waals surface area contributed by atoms with Gasteiger partial charge in [0.25, 0.3) is 0 Å². The highest BCUT2D eigenvalue weighted by atomic mass is 19.4. The van der Waals surface area contributed by atoms with Crippen LogP contribution in [0.2, 0.25) is 0 Å². The largest absolute Gasteiger partial charge is 0.411 e. The smallest absolute Gasteiger partial charge is 0.369 e. The van der Waals surface area contributed by atoms with Gasteiger partial charge in [0, 0.05) is 31.7 Å². The Bertz CT molecular complexity index is 634. The predicted molar refractivity (Wildman–Crippen MR) is 104 cm³/mol. The molecule has 0 radical (unpaired) electrons. The van der Waals surface area contributed by atoms with E-state index in [4.69, 9.17) is 4.74 Å². The van der Waals surface area contributed by atoms with Crippen molar-refractivity contribution in [2.75, 3.05) is 19.7 Å². The van der Waals surface area contributed by atoms with Crippen LogP contribution in [0.5, 0.6) is 0 Å². The number of nitrogens with zero attached hydrogens (tertiary/aromatic N) is 1. The van der Waals surface area contributed by atoms with Crippen molar-refractivity contribution in [3.05, 3.63) is 35.9 Å². The Kier molecular flexibility index (Phi) is 7.77. The Hall–Kier alpha value is -1.80. The average Bonchev–Trinajstić information content (AvgIpc) is 2.68. The summed E-state index contributed by atoms with van der Waals surface area (Å²) in [7, 11) is 0. The van der Waals surface area contributed by atoms with E-state index in [0.717, 1.165) is 45.3 Å². The Balaban J connectivity index is 1.34. The molecule has 1 saturated heterocycles. The zero-order chi connectivity index (χ0) is 20.7. The van der Waals surface area contributed by atoms with E-state index in [-0.39, 0.29) is 18.1 Å². The zero-order valence-corrected chi connectivity index (χ0v) is 16.6. The molecule has 2 N–H and O–H groups in total. The third-order valence-electron chi connectivity index (χ3n) is 5.62. The second-order valence-electron chi connectivity index (χ2n) is 8.07. The molecule has 0 bridgehead atoms. The van der Waals surface area contributed by atoms with Gasteiger partial charge >= 0.3 is 12.2 Å². The van der Waals surface area contributed by atoms with E-state index < -0.39 is 18.9 Å². The summed E-state index contributed by atoms with van der Waals surface area (Å²) in [6.45, 7) is 1.55. The molecule has 0 spiro atoms. The van der Waals surface area contributed by atoms with E-state index in [2.05, 4.69) is 27.7 Å². The quantitative estimate of drug-likeness (QED) is 0.745. The zero-order valence-electron chi connectivity index (χ0n) is 16.6. The lowest BCUT2D eigenvalue weighted by atomic mass is 9.93. The van der Waals surface area contributed by atoms with Gasteiger partial charge in [0.2, 0.25) is 0 Å². The van der Waals surface area contributed by atoms with Gasteiger partial charge in [-0.1, -0.05) is 30.3 Å². The van der Waals surface area contributed by atoms with Crippen molar-refractivity contribution in [3.8, 4) is 0 Å². The number of carbonyl (C=O) groups is 1. The highest BCUT2D eigenvalue weighted by molar-refractivity contribution is 5.74. The number of hydrogen-bond acceptors (Lipinski definition) is 3. The van der Waals surface area contributed by atoms with Gasteiger partial charge in [0.1, 0.15) is 6.61 Å². The van der Waals surface area contributed by atoms with E-state index in [9.17, 15) is 18.0 Å². The summed E-state index contributed by atoms with van der Waals surface area (Å²) in [6.07, 6.45) is -0.413. The van der Waals surface area contributed by atoms with Gasteiger partial charge in [-0.2, -0.15) is 13.2 Å². The van der Waals surface area contributed by atoms with Crippen molar-refractivity contribution >= 4 is 6.03 Å². The normalized spacial score (nSPS) is 24.2. The summed E-state index contributed by atoms with van der Waals surface area (Å²) < 4.78 is 41.9. The van der Waals surface area contributed by atoms with Gasteiger partial charge in [-0.05, 0) is 44.1 Å². The molecule has 2 fully saturated rings. The SMILES string of the molecule is O=C(NC1CCN(Cc2ccccc2)CC1)N[C@H]1CCC[C@H](OCC(F)(F)F)C1. The number of alkyl halides is 3. The maximum atomic E-state index is 12.3. The first-order valence-electron chi connectivity index (χ1n) is 10.4. The van der Waals surface area contributed by atoms with Crippen LogP contribution in [-0.4, -0.2) is 55.0 Å². The van der Waals surface area contributed by atoms with Gasteiger partial charge in [0.05, 0.1) is 6.10 Å². The molecule has 1 saturated carbocycles. The van der Waals surface area contributed by atoms with Gasteiger partial charge in [-0.25, -0.2) is 4.79 Å². The molecule has 1 aromatic rings. The van der Waals surface area contributed by atoms with E-state index in [1.165, 1.54) is 5.56 Å². The molecule has 2 amide bonds. The van der Waals surface area contributed by atoms with Crippen LogP contribution in [0.25, 0.3) is 0 Å². The Morgan fingerprint density at radius 2 is 1.72 bits per heavy atom. The lowest BCUT2D eigenvalue weighted by Crippen LogP contribution is -2.51. The lowest BCUT2D eigenvalue weighted by Gasteiger charge is -2.33. The maximum Gasteiger partial charge on any atom is 0.411 e. The fourth-order valence-corrected chi connectivity index (χ4v) is 4.13. The standard InChI is InChI=1S/C21H30F3N3O2/c22-21(23,24)15-29-19-8-4-7-18(13-19)26-20(28)25-17-9-11-27(12-10-17)14-16-5-2-1-3-6-16/h1-3,5-6,17-19H,4,7-15H2,(H2,25,26,28)/t18-,19-/m0/s1. The molecule has 1 aliphatic carbocycles.